The van der Waals surface area contributed by atoms with Gasteiger partial charge in [0, 0.05) is 18.6 Å². The molecular weight excluding hydrogens is 208 g/mol. The zero-order chi connectivity index (χ0) is 13.8. The van der Waals surface area contributed by atoms with E-state index in [1.807, 2.05) is 13.8 Å². The molecule has 0 aliphatic carbocycles. The number of rotatable bonds is 7. The molecule has 0 fully saturated rings. The lowest BCUT2D eigenvalue weighted by Gasteiger charge is -2.23. The van der Waals surface area contributed by atoms with E-state index in [-0.39, 0.29) is 0 Å². The van der Waals surface area contributed by atoms with Gasteiger partial charge in [-0.1, -0.05) is 25.5 Å². The highest BCUT2D eigenvalue weighted by Crippen LogP contribution is 1.98. The minimum Gasteiger partial charge on any atom is -0.311 e. The highest BCUT2D eigenvalue weighted by Gasteiger charge is 2.05. The molecule has 0 saturated heterocycles. The molecule has 0 saturated carbocycles. The lowest BCUT2D eigenvalue weighted by molar-refractivity contribution is 0.260. The van der Waals surface area contributed by atoms with Gasteiger partial charge in [0.1, 0.15) is 0 Å². The number of hydrogen-bond acceptors (Lipinski definition) is 2. The summed E-state index contributed by atoms with van der Waals surface area (Å²) in [6.45, 7) is 17.2. The molecule has 104 valence electrons. The van der Waals surface area contributed by atoms with Crippen LogP contribution in [0.5, 0.6) is 0 Å². The third-order valence-electron chi connectivity index (χ3n) is 2.77. The van der Waals surface area contributed by atoms with E-state index in [0.717, 1.165) is 6.54 Å². The van der Waals surface area contributed by atoms with Crippen LogP contribution in [0.1, 0.15) is 54.9 Å². The fourth-order valence-electron chi connectivity index (χ4n) is 1.22. The van der Waals surface area contributed by atoms with Crippen molar-refractivity contribution in [1.29, 1.82) is 0 Å². The Balaban J connectivity index is 0. The highest BCUT2D eigenvalue weighted by atomic mass is 15.1. The molecule has 1 atom stereocenters. The Morgan fingerprint density at radius 2 is 1.71 bits per heavy atom. The molecule has 0 rings (SSSR count). The second-order valence-corrected chi connectivity index (χ2v) is 4.95. The number of nitrogens with one attached hydrogen (secondary N) is 1. The first kappa shape index (κ1) is 19.0. The van der Waals surface area contributed by atoms with Crippen molar-refractivity contribution in [2.75, 3.05) is 20.1 Å². The Morgan fingerprint density at radius 1 is 1.18 bits per heavy atom. The molecule has 0 heterocycles. The number of allylic oxidation sites excluding steroid dienone is 1. The molecule has 1 unspecified atom stereocenters. The van der Waals surface area contributed by atoms with E-state index < -0.39 is 0 Å². The van der Waals surface area contributed by atoms with Gasteiger partial charge in [-0.25, -0.2) is 0 Å². The van der Waals surface area contributed by atoms with Crippen LogP contribution in [0.4, 0.5) is 0 Å². The van der Waals surface area contributed by atoms with Gasteiger partial charge in [-0.05, 0) is 54.6 Å². The Hall–Kier alpha value is -0.340. The van der Waals surface area contributed by atoms with Gasteiger partial charge in [0.2, 0.25) is 0 Å². The van der Waals surface area contributed by atoms with Gasteiger partial charge < -0.3 is 10.2 Å². The Labute approximate surface area is 109 Å². The highest BCUT2D eigenvalue weighted by molar-refractivity contribution is 4.94. The summed E-state index contributed by atoms with van der Waals surface area (Å²) < 4.78 is 0. The van der Waals surface area contributed by atoms with Gasteiger partial charge >= 0.3 is 0 Å². The van der Waals surface area contributed by atoms with Crippen LogP contribution in [-0.2, 0) is 0 Å². The first-order valence-electron chi connectivity index (χ1n) is 7.00. The van der Waals surface area contributed by atoms with E-state index in [9.17, 15) is 0 Å². The lowest BCUT2D eigenvalue weighted by Crippen LogP contribution is -2.33. The van der Waals surface area contributed by atoms with Crippen LogP contribution >= 0.6 is 0 Å². The van der Waals surface area contributed by atoms with Gasteiger partial charge in [0.05, 0.1) is 0 Å². The topological polar surface area (TPSA) is 15.3 Å². The van der Waals surface area contributed by atoms with Gasteiger partial charge in [-0.15, -0.1) is 0 Å². The van der Waals surface area contributed by atoms with Crippen molar-refractivity contribution in [3.05, 3.63) is 11.6 Å². The van der Waals surface area contributed by atoms with Crippen molar-refractivity contribution < 1.29 is 0 Å². The van der Waals surface area contributed by atoms with Crippen LogP contribution in [0, 0.1) is 0 Å². The van der Waals surface area contributed by atoms with Crippen molar-refractivity contribution in [2.24, 2.45) is 0 Å². The van der Waals surface area contributed by atoms with Crippen LogP contribution in [0.3, 0.4) is 0 Å². The molecular formula is C15H34N2. The van der Waals surface area contributed by atoms with E-state index in [1.165, 1.54) is 18.5 Å². The monoisotopic (exact) mass is 242 g/mol. The summed E-state index contributed by atoms with van der Waals surface area (Å²) >= 11 is 0. The summed E-state index contributed by atoms with van der Waals surface area (Å²) in [6, 6.07) is 1.25. The summed E-state index contributed by atoms with van der Waals surface area (Å²) in [6.07, 6.45) is 3.45. The van der Waals surface area contributed by atoms with Crippen molar-refractivity contribution in [1.82, 2.24) is 10.2 Å². The summed E-state index contributed by atoms with van der Waals surface area (Å²) in [5.74, 6) is 0. The molecule has 0 aliphatic rings. The minimum atomic E-state index is 0.599. The SMILES string of the molecule is CC.CC(C)=CCNC(C)CCN(C)C(C)C. The normalized spacial score (nSPS) is 12.1. The fourth-order valence-corrected chi connectivity index (χ4v) is 1.22. The average molecular weight is 242 g/mol. The molecule has 0 aromatic rings. The molecule has 17 heavy (non-hydrogen) atoms. The largest absolute Gasteiger partial charge is 0.311 e. The van der Waals surface area contributed by atoms with Crippen LogP contribution in [0.25, 0.3) is 0 Å². The number of hydrogen-bond donors (Lipinski definition) is 1. The first-order chi connectivity index (χ1) is 7.93. The van der Waals surface area contributed by atoms with E-state index in [2.05, 4.69) is 58.0 Å². The molecule has 0 spiro atoms. The quantitative estimate of drug-likeness (QED) is 0.685. The molecule has 0 amide bonds. The summed E-state index contributed by atoms with van der Waals surface area (Å²) in [7, 11) is 2.19. The maximum atomic E-state index is 3.51. The molecule has 0 aromatic heterocycles. The molecule has 0 bridgehead atoms. The predicted molar refractivity (Wildman–Crippen MR) is 80.6 cm³/mol. The maximum Gasteiger partial charge on any atom is 0.0139 e. The molecule has 2 heteroatoms. The molecule has 2 nitrogen and oxygen atoms in total. The average Bonchev–Trinajstić information content (AvgIpc) is 2.28. The summed E-state index contributed by atoms with van der Waals surface area (Å²) in [5, 5.41) is 3.51. The van der Waals surface area contributed by atoms with Gasteiger partial charge in [-0.3, -0.25) is 0 Å². The lowest BCUT2D eigenvalue weighted by atomic mass is 10.2. The van der Waals surface area contributed by atoms with E-state index in [1.54, 1.807) is 0 Å². The minimum absolute atomic E-state index is 0.599. The third kappa shape index (κ3) is 13.6. The Kier molecular flexibility index (Phi) is 13.6. The van der Waals surface area contributed by atoms with E-state index >= 15 is 0 Å². The molecule has 1 N–H and O–H groups in total. The van der Waals surface area contributed by atoms with Crippen LogP contribution < -0.4 is 5.32 Å². The van der Waals surface area contributed by atoms with Crippen LogP contribution in [-0.4, -0.2) is 37.1 Å². The van der Waals surface area contributed by atoms with Crippen molar-refractivity contribution >= 4 is 0 Å². The summed E-state index contributed by atoms with van der Waals surface area (Å²) in [4.78, 5) is 2.39. The molecule has 0 aromatic carbocycles. The van der Waals surface area contributed by atoms with E-state index in [0.29, 0.717) is 12.1 Å². The molecule has 0 aliphatic heterocycles. The smallest absolute Gasteiger partial charge is 0.0139 e. The second kappa shape index (κ2) is 12.1. The van der Waals surface area contributed by atoms with Gasteiger partial charge in [0.25, 0.3) is 0 Å². The van der Waals surface area contributed by atoms with Crippen molar-refractivity contribution in [3.63, 3.8) is 0 Å². The fraction of sp³-hybridized carbons (Fsp3) is 0.867. The van der Waals surface area contributed by atoms with Gasteiger partial charge in [-0.2, -0.15) is 0 Å². The predicted octanol–water partition coefficient (Wildman–Crippen LogP) is 3.69. The maximum absolute atomic E-state index is 3.51. The van der Waals surface area contributed by atoms with Crippen LogP contribution in [0.2, 0.25) is 0 Å². The second-order valence-electron chi connectivity index (χ2n) is 4.95. The van der Waals surface area contributed by atoms with Crippen LogP contribution in [0.15, 0.2) is 11.6 Å². The zero-order valence-corrected chi connectivity index (χ0v) is 13.3. The van der Waals surface area contributed by atoms with Gasteiger partial charge in [0.15, 0.2) is 0 Å². The summed E-state index contributed by atoms with van der Waals surface area (Å²) in [5.41, 5.74) is 1.38. The third-order valence-corrected chi connectivity index (χ3v) is 2.77. The Morgan fingerprint density at radius 3 is 2.12 bits per heavy atom. The standard InChI is InChI=1S/C13H28N2.C2H6/c1-11(2)7-9-14-13(5)8-10-15(6)12(3)4;1-2/h7,12-14H,8-10H2,1-6H3;1-2H3. The molecule has 0 radical (unpaired) electrons. The zero-order valence-electron chi connectivity index (χ0n) is 13.3. The van der Waals surface area contributed by atoms with E-state index in [4.69, 9.17) is 0 Å². The van der Waals surface area contributed by atoms with Crippen molar-refractivity contribution in [2.45, 2.75) is 67.0 Å². The van der Waals surface area contributed by atoms with Crippen molar-refractivity contribution in [3.8, 4) is 0 Å². The first-order valence-corrected chi connectivity index (χ1v) is 7.00. The Bertz CT molecular complexity index is 181. The number of nitrogens with zero attached hydrogens (tertiary/aromatic N) is 1.